The molecule has 1 aliphatic rings. The minimum absolute atomic E-state index is 0.751. The average Bonchev–Trinajstić information content (AvgIpc) is 2.48. The summed E-state index contributed by atoms with van der Waals surface area (Å²) < 4.78 is 0. The molecule has 1 saturated heterocycles. The maximum absolute atomic E-state index is 2.61. The molecule has 1 heteroatoms. The lowest BCUT2D eigenvalue weighted by molar-refractivity contribution is 0.117. The molecule has 110 valence electrons. The van der Waals surface area contributed by atoms with Gasteiger partial charge < -0.3 is 0 Å². The van der Waals surface area contributed by atoms with E-state index in [0.29, 0.717) is 0 Å². The molecule has 19 heavy (non-hydrogen) atoms. The molecule has 1 nitrogen and oxygen atoms in total. The van der Waals surface area contributed by atoms with Crippen molar-refractivity contribution in [1.82, 2.24) is 4.90 Å². The zero-order chi connectivity index (χ0) is 14.7. The van der Waals surface area contributed by atoms with Crippen LogP contribution in [0.1, 0.15) is 59.9 Å². The summed E-state index contributed by atoms with van der Waals surface area (Å²) in [4.78, 5) is 2.61. The van der Waals surface area contributed by atoms with Crippen molar-refractivity contribution < 1.29 is 0 Å². The Hall–Kier alpha value is -0.820. The van der Waals surface area contributed by atoms with E-state index >= 15 is 0 Å². The van der Waals surface area contributed by atoms with Gasteiger partial charge in [0, 0.05) is 19.1 Å². The third-order valence-corrected chi connectivity index (χ3v) is 3.48. The first-order valence-electron chi connectivity index (χ1n) is 8.03. The molecule has 0 bridgehead atoms. The van der Waals surface area contributed by atoms with E-state index in [1.807, 2.05) is 27.7 Å². The van der Waals surface area contributed by atoms with Crippen LogP contribution in [0, 0.1) is 5.92 Å². The number of rotatable bonds is 2. The largest absolute Gasteiger partial charge is 0.296 e. The molecule has 1 aromatic rings. The van der Waals surface area contributed by atoms with Crippen LogP contribution in [-0.4, -0.2) is 17.5 Å². The Bertz CT molecular complexity index is 294. The van der Waals surface area contributed by atoms with Gasteiger partial charge in [0.2, 0.25) is 0 Å². The number of hydrogen-bond acceptors (Lipinski definition) is 1. The zero-order valence-corrected chi connectivity index (χ0v) is 13.8. The van der Waals surface area contributed by atoms with Crippen LogP contribution in [0.3, 0.4) is 0 Å². The quantitative estimate of drug-likeness (QED) is 0.694. The maximum atomic E-state index is 2.61. The highest BCUT2D eigenvalue weighted by atomic mass is 15.2. The van der Waals surface area contributed by atoms with Gasteiger partial charge in [0.05, 0.1) is 0 Å². The van der Waals surface area contributed by atoms with Crippen LogP contribution in [0.4, 0.5) is 0 Å². The highest BCUT2D eigenvalue weighted by Gasteiger charge is 2.22. The van der Waals surface area contributed by atoms with Crippen molar-refractivity contribution in [1.29, 1.82) is 0 Å². The summed E-state index contributed by atoms with van der Waals surface area (Å²) in [6.45, 7) is 15.1. The van der Waals surface area contributed by atoms with Crippen LogP contribution in [0.5, 0.6) is 0 Å². The normalized spacial score (nSPS) is 22.6. The van der Waals surface area contributed by atoms with E-state index in [-0.39, 0.29) is 0 Å². The molecular weight excluding hydrogens is 230 g/mol. The molecule has 0 aliphatic carbocycles. The summed E-state index contributed by atoms with van der Waals surface area (Å²) >= 11 is 0. The van der Waals surface area contributed by atoms with Crippen LogP contribution in [-0.2, 0) is 6.54 Å². The third kappa shape index (κ3) is 6.77. The smallest absolute Gasteiger partial charge is 0.0236 e. The van der Waals surface area contributed by atoms with E-state index in [1.54, 1.807) is 0 Å². The monoisotopic (exact) mass is 263 g/mol. The first-order chi connectivity index (χ1) is 9.25. The molecule has 0 aromatic heterocycles. The second-order valence-corrected chi connectivity index (χ2v) is 4.95. The SMILES string of the molecule is CC.CC.C[C@@H]1CC[C@@H](C)N(Cc2ccccc2)C1. The van der Waals surface area contributed by atoms with E-state index in [4.69, 9.17) is 0 Å². The Labute approximate surface area is 121 Å². The number of benzene rings is 1. The van der Waals surface area contributed by atoms with Crippen molar-refractivity contribution in [2.75, 3.05) is 6.54 Å². The van der Waals surface area contributed by atoms with Gasteiger partial charge in [-0.2, -0.15) is 0 Å². The van der Waals surface area contributed by atoms with Gasteiger partial charge in [-0.1, -0.05) is 65.0 Å². The Morgan fingerprint density at radius 2 is 1.53 bits per heavy atom. The van der Waals surface area contributed by atoms with E-state index in [9.17, 15) is 0 Å². The fourth-order valence-electron chi connectivity index (χ4n) is 2.42. The van der Waals surface area contributed by atoms with E-state index in [2.05, 4.69) is 49.1 Å². The van der Waals surface area contributed by atoms with E-state index in [0.717, 1.165) is 18.5 Å². The van der Waals surface area contributed by atoms with Gasteiger partial charge in [0.1, 0.15) is 0 Å². The van der Waals surface area contributed by atoms with Crippen LogP contribution >= 0.6 is 0 Å². The molecule has 0 spiro atoms. The second kappa shape index (κ2) is 11.0. The number of likely N-dealkylation sites (tertiary alicyclic amines) is 1. The molecule has 1 aromatic carbocycles. The van der Waals surface area contributed by atoms with Gasteiger partial charge in [0.15, 0.2) is 0 Å². The fraction of sp³-hybridized carbons (Fsp3) is 0.667. The van der Waals surface area contributed by atoms with Gasteiger partial charge in [-0.3, -0.25) is 4.90 Å². The Morgan fingerprint density at radius 1 is 0.947 bits per heavy atom. The summed E-state index contributed by atoms with van der Waals surface area (Å²) in [6.07, 6.45) is 2.75. The summed E-state index contributed by atoms with van der Waals surface area (Å²) in [6, 6.07) is 11.6. The second-order valence-electron chi connectivity index (χ2n) is 4.95. The lowest BCUT2D eigenvalue weighted by Crippen LogP contribution is -2.40. The minimum Gasteiger partial charge on any atom is -0.296 e. The molecule has 0 N–H and O–H groups in total. The summed E-state index contributed by atoms with van der Waals surface area (Å²) in [5.74, 6) is 0.866. The predicted molar refractivity (Wildman–Crippen MR) is 87.4 cm³/mol. The molecule has 2 rings (SSSR count). The van der Waals surface area contributed by atoms with Crippen molar-refractivity contribution in [3.05, 3.63) is 35.9 Å². The Morgan fingerprint density at radius 3 is 2.11 bits per heavy atom. The van der Waals surface area contributed by atoms with Gasteiger partial charge in [-0.05, 0) is 31.2 Å². The predicted octanol–water partition coefficient (Wildman–Crippen LogP) is 5.36. The van der Waals surface area contributed by atoms with Crippen molar-refractivity contribution in [3.8, 4) is 0 Å². The highest BCUT2D eigenvalue weighted by molar-refractivity contribution is 5.14. The number of hydrogen-bond donors (Lipinski definition) is 0. The van der Waals surface area contributed by atoms with Crippen LogP contribution in [0.2, 0.25) is 0 Å². The molecule has 0 amide bonds. The van der Waals surface area contributed by atoms with Gasteiger partial charge in [0.25, 0.3) is 0 Å². The van der Waals surface area contributed by atoms with E-state index in [1.165, 1.54) is 24.9 Å². The summed E-state index contributed by atoms with van der Waals surface area (Å²) in [5.41, 5.74) is 1.44. The van der Waals surface area contributed by atoms with E-state index < -0.39 is 0 Å². The molecule has 0 saturated carbocycles. The number of piperidine rings is 1. The Balaban J connectivity index is 0.000000741. The van der Waals surface area contributed by atoms with Crippen LogP contribution in [0.15, 0.2) is 30.3 Å². The van der Waals surface area contributed by atoms with Gasteiger partial charge in [-0.25, -0.2) is 0 Å². The minimum atomic E-state index is 0.751. The molecule has 0 unspecified atom stereocenters. The standard InChI is InChI=1S/C14H21N.2C2H6/c1-12-8-9-13(2)15(10-12)11-14-6-4-3-5-7-14;2*1-2/h3-7,12-13H,8-11H2,1-2H3;2*1-2H3/t12-,13-;;/m1../s1. The number of nitrogens with zero attached hydrogens (tertiary/aromatic N) is 1. The van der Waals surface area contributed by atoms with Gasteiger partial charge in [-0.15, -0.1) is 0 Å². The fourth-order valence-corrected chi connectivity index (χ4v) is 2.42. The Kier molecular flexibility index (Phi) is 10.6. The van der Waals surface area contributed by atoms with Crippen molar-refractivity contribution in [2.24, 2.45) is 5.92 Å². The molecule has 1 heterocycles. The highest BCUT2D eigenvalue weighted by Crippen LogP contribution is 2.22. The lowest BCUT2D eigenvalue weighted by Gasteiger charge is -2.36. The third-order valence-electron chi connectivity index (χ3n) is 3.48. The zero-order valence-electron chi connectivity index (χ0n) is 13.8. The molecule has 0 radical (unpaired) electrons. The topological polar surface area (TPSA) is 3.24 Å². The van der Waals surface area contributed by atoms with Gasteiger partial charge >= 0.3 is 0 Å². The molecule has 2 atom stereocenters. The summed E-state index contributed by atoms with van der Waals surface area (Å²) in [5, 5.41) is 0. The first-order valence-corrected chi connectivity index (χ1v) is 8.03. The lowest BCUT2D eigenvalue weighted by atomic mass is 9.94. The molecule has 1 aliphatic heterocycles. The summed E-state index contributed by atoms with van der Waals surface area (Å²) in [7, 11) is 0. The van der Waals surface area contributed by atoms with Crippen molar-refractivity contribution in [3.63, 3.8) is 0 Å². The maximum Gasteiger partial charge on any atom is 0.0236 e. The molecule has 1 fully saturated rings. The van der Waals surface area contributed by atoms with Crippen LogP contribution < -0.4 is 0 Å². The van der Waals surface area contributed by atoms with Crippen molar-refractivity contribution >= 4 is 0 Å². The van der Waals surface area contributed by atoms with Crippen molar-refractivity contribution in [2.45, 2.75) is 67.0 Å². The average molecular weight is 263 g/mol. The molecular formula is C18H33N. The first kappa shape index (κ1) is 18.2. The van der Waals surface area contributed by atoms with Crippen LogP contribution in [0.25, 0.3) is 0 Å².